The van der Waals surface area contributed by atoms with Gasteiger partial charge < -0.3 is 23.8 Å². The number of benzene rings is 3. The number of nitrogens with zero attached hydrogens (tertiary/aromatic N) is 1. The minimum absolute atomic E-state index is 0.00470. The van der Waals surface area contributed by atoms with Gasteiger partial charge in [-0.2, -0.15) is 0 Å². The Bertz CT molecular complexity index is 1470. The molecule has 188 valence electrons. The van der Waals surface area contributed by atoms with E-state index in [0.29, 0.717) is 38.9 Å². The first-order valence-corrected chi connectivity index (χ1v) is 11.7. The standard InChI is InChI=1S/C27H21ClN2O7/c1-15(18-4-2-3-5-21(18)28)36-27(33)30-22-13-29-37-24(22)20-11-10-19(25-26(20)35-14-34-25)17-8-6-16(7-9-17)12-23(31)32/h2-11,13,15H,12,14H2,1H3,(H,30,33)(H,31,32). The molecule has 2 N–H and O–H groups in total. The van der Waals surface area contributed by atoms with Crippen LogP contribution in [0.5, 0.6) is 11.5 Å². The lowest BCUT2D eigenvalue weighted by molar-refractivity contribution is -0.136. The number of fused-ring (bicyclic) bond motifs is 1. The molecule has 2 heterocycles. The van der Waals surface area contributed by atoms with Gasteiger partial charge in [0.05, 0.1) is 18.2 Å². The highest BCUT2D eigenvalue weighted by molar-refractivity contribution is 6.31. The number of carbonyl (C=O) groups is 2. The Labute approximate surface area is 216 Å². The van der Waals surface area contributed by atoms with Gasteiger partial charge in [0.15, 0.2) is 17.3 Å². The number of anilines is 1. The lowest BCUT2D eigenvalue weighted by Crippen LogP contribution is -2.16. The summed E-state index contributed by atoms with van der Waals surface area (Å²) < 4.78 is 22.4. The summed E-state index contributed by atoms with van der Waals surface area (Å²) in [4.78, 5) is 23.6. The number of nitrogens with one attached hydrogen (secondary N) is 1. The van der Waals surface area contributed by atoms with Crippen molar-refractivity contribution in [2.45, 2.75) is 19.4 Å². The highest BCUT2D eigenvalue weighted by atomic mass is 35.5. The van der Waals surface area contributed by atoms with E-state index in [1.807, 2.05) is 24.3 Å². The van der Waals surface area contributed by atoms with Gasteiger partial charge in [0.25, 0.3) is 0 Å². The molecule has 0 saturated heterocycles. The molecule has 0 fully saturated rings. The zero-order valence-corrected chi connectivity index (χ0v) is 20.3. The molecule has 1 amide bonds. The third-order valence-corrected chi connectivity index (χ3v) is 6.16. The minimum atomic E-state index is -0.895. The number of aromatic nitrogens is 1. The molecule has 1 aromatic heterocycles. The monoisotopic (exact) mass is 520 g/mol. The molecule has 1 aliphatic rings. The van der Waals surface area contributed by atoms with Crippen LogP contribution in [-0.2, 0) is 16.0 Å². The quantitative estimate of drug-likeness (QED) is 0.290. The summed E-state index contributed by atoms with van der Waals surface area (Å²) in [6, 6.07) is 17.9. The maximum Gasteiger partial charge on any atom is 0.412 e. The van der Waals surface area contributed by atoms with Crippen LogP contribution in [0.1, 0.15) is 24.2 Å². The molecule has 3 aromatic carbocycles. The van der Waals surface area contributed by atoms with Crippen molar-refractivity contribution < 1.29 is 33.4 Å². The molecule has 0 saturated carbocycles. The Morgan fingerprint density at radius 2 is 1.76 bits per heavy atom. The van der Waals surface area contributed by atoms with Gasteiger partial charge in [-0.05, 0) is 36.2 Å². The van der Waals surface area contributed by atoms with Gasteiger partial charge >= 0.3 is 12.1 Å². The third-order valence-electron chi connectivity index (χ3n) is 5.82. The second kappa shape index (κ2) is 10.2. The van der Waals surface area contributed by atoms with Gasteiger partial charge in [0.2, 0.25) is 6.79 Å². The zero-order valence-electron chi connectivity index (χ0n) is 19.6. The second-order valence-electron chi connectivity index (χ2n) is 8.26. The van der Waals surface area contributed by atoms with E-state index < -0.39 is 18.2 Å². The Balaban J connectivity index is 1.38. The number of rotatable bonds is 7. The van der Waals surface area contributed by atoms with Crippen molar-refractivity contribution in [3.05, 3.63) is 83.0 Å². The third kappa shape index (κ3) is 5.07. The highest BCUT2D eigenvalue weighted by Crippen LogP contribution is 2.48. The second-order valence-corrected chi connectivity index (χ2v) is 8.66. The lowest BCUT2D eigenvalue weighted by atomic mass is 9.99. The van der Waals surface area contributed by atoms with Crippen LogP contribution >= 0.6 is 11.6 Å². The summed E-state index contributed by atoms with van der Waals surface area (Å²) in [6.45, 7) is 1.73. The SMILES string of the molecule is CC(OC(=O)Nc1cnoc1-c1ccc(-c2ccc(CC(=O)O)cc2)c2c1OCO2)c1ccccc1Cl. The maximum absolute atomic E-state index is 12.6. The molecule has 0 bridgehead atoms. The molecular weight excluding hydrogens is 500 g/mol. The molecule has 4 aromatic rings. The van der Waals surface area contributed by atoms with Crippen molar-refractivity contribution in [1.82, 2.24) is 5.16 Å². The van der Waals surface area contributed by atoms with E-state index in [2.05, 4.69) is 10.5 Å². The first kappa shape index (κ1) is 24.2. The highest BCUT2D eigenvalue weighted by Gasteiger charge is 2.27. The molecule has 1 atom stereocenters. The fraction of sp³-hybridized carbons (Fsp3) is 0.148. The van der Waals surface area contributed by atoms with E-state index in [1.54, 1.807) is 43.3 Å². The first-order valence-electron chi connectivity index (χ1n) is 11.3. The number of carbonyl (C=O) groups excluding carboxylic acids is 1. The molecule has 5 rings (SSSR count). The number of hydrogen-bond donors (Lipinski definition) is 2. The molecule has 9 nitrogen and oxygen atoms in total. The van der Waals surface area contributed by atoms with Crippen molar-refractivity contribution >= 4 is 29.4 Å². The number of hydrogen-bond acceptors (Lipinski definition) is 7. The Morgan fingerprint density at radius 1 is 1.05 bits per heavy atom. The summed E-state index contributed by atoms with van der Waals surface area (Å²) in [7, 11) is 0. The predicted molar refractivity (Wildman–Crippen MR) is 135 cm³/mol. The largest absolute Gasteiger partial charge is 0.481 e. The Kier molecular flexibility index (Phi) is 6.70. The van der Waals surface area contributed by atoms with Crippen molar-refractivity contribution in [2.75, 3.05) is 12.1 Å². The van der Waals surface area contributed by atoms with Gasteiger partial charge in [-0.1, -0.05) is 59.2 Å². The predicted octanol–water partition coefficient (Wildman–Crippen LogP) is 6.33. The zero-order chi connectivity index (χ0) is 25.9. The van der Waals surface area contributed by atoms with Crippen LogP contribution in [0.15, 0.2) is 71.4 Å². The number of halogens is 1. The van der Waals surface area contributed by atoms with Gasteiger partial charge in [-0.3, -0.25) is 10.1 Å². The van der Waals surface area contributed by atoms with Crippen molar-refractivity contribution in [2.24, 2.45) is 0 Å². The van der Waals surface area contributed by atoms with Crippen molar-refractivity contribution in [3.63, 3.8) is 0 Å². The van der Waals surface area contributed by atoms with Crippen molar-refractivity contribution in [3.8, 4) is 33.9 Å². The number of carboxylic acid groups (broad SMARTS) is 1. The molecule has 1 unspecified atom stereocenters. The molecule has 1 aliphatic heterocycles. The lowest BCUT2D eigenvalue weighted by Gasteiger charge is -2.15. The number of ether oxygens (including phenoxy) is 3. The Morgan fingerprint density at radius 3 is 2.49 bits per heavy atom. The minimum Gasteiger partial charge on any atom is -0.481 e. The maximum atomic E-state index is 12.6. The summed E-state index contributed by atoms with van der Waals surface area (Å²) in [5.74, 6) is 0.311. The summed E-state index contributed by atoms with van der Waals surface area (Å²) in [5, 5.41) is 16.0. The van der Waals surface area contributed by atoms with Gasteiger partial charge in [0.1, 0.15) is 11.8 Å². The summed E-state index contributed by atoms with van der Waals surface area (Å²) in [5.41, 5.74) is 3.79. The average molecular weight is 521 g/mol. The van der Waals surface area contributed by atoms with E-state index in [1.165, 1.54) is 6.20 Å². The normalized spacial score (nSPS) is 12.7. The van der Waals surface area contributed by atoms with Crippen LogP contribution in [0.2, 0.25) is 5.02 Å². The van der Waals surface area contributed by atoms with Gasteiger partial charge in [-0.25, -0.2) is 4.79 Å². The number of carboxylic acids is 1. The van der Waals surface area contributed by atoms with Crippen molar-refractivity contribution in [1.29, 1.82) is 0 Å². The van der Waals surface area contributed by atoms with E-state index >= 15 is 0 Å². The summed E-state index contributed by atoms with van der Waals surface area (Å²) in [6.07, 6.45) is 0.0224. The fourth-order valence-electron chi connectivity index (χ4n) is 4.07. The Hall–Kier alpha value is -4.50. The smallest absolute Gasteiger partial charge is 0.412 e. The summed E-state index contributed by atoms with van der Waals surface area (Å²) >= 11 is 6.20. The molecular formula is C27H21ClN2O7. The molecule has 0 aliphatic carbocycles. The van der Waals surface area contributed by atoms with Crippen LogP contribution in [0.4, 0.5) is 10.5 Å². The average Bonchev–Trinajstić information content (AvgIpc) is 3.54. The fourth-order valence-corrected chi connectivity index (χ4v) is 4.36. The number of amides is 1. The topological polar surface area (TPSA) is 120 Å². The number of aliphatic carboxylic acids is 1. The van der Waals surface area contributed by atoms with Gasteiger partial charge in [0, 0.05) is 16.1 Å². The van der Waals surface area contributed by atoms with Crippen LogP contribution < -0.4 is 14.8 Å². The first-order chi connectivity index (χ1) is 17.9. The molecule has 10 heteroatoms. The molecule has 37 heavy (non-hydrogen) atoms. The van der Waals surface area contributed by atoms with E-state index in [9.17, 15) is 9.59 Å². The molecule has 0 radical (unpaired) electrons. The van der Waals surface area contributed by atoms with Crippen LogP contribution in [0, 0.1) is 0 Å². The van der Waals surface area contributed by atoms with Crippen LogP contribution in [-0.4, -0.2) is 29.1 Å². The molecule has 0 spiro atoms. The van der Waals surface area contributed by atoms with E-state index in [4.69, 9.17) is 35.4 Å². The van der Waals surface area contributed by atoms with Crippen LogP contribution in [0.25, 0.3) is 22.5 Å². The van der Waals surface area contributed by atoms with Gasteiger partial charge in [-0.15, -0.1) is 0 Å². The van der Waals surface area contributed by atoms with E-state index in [-0.39, 0.29) is 19.0 Å². The van der Waals surface area contributed by atoms with E-state index in [0.717, 1.165) is 11.1 Å². The van der Waals surface area contributed by atoms with Crippen LogP contribution in [0.3, 0.4) is 0 Å².